The number of piperidine rings is 1. The molecule has 1 fully saturated rings. The molecule has 0 N–H and O–H groups in total. The maximum Gasteiger partial charge on any atom is 0.223 e. The zero-order valence-corrected chi connectivity index (χ0v) is 21.1. The molecule has 35 heavy (non-hydrogen) atoms. The van der Waals surface area contributed by atoms with Crippen LogP contribution < -0.4 is 0 Å². The monoisotopic (exact) mass is 484 g/mol. The van der Waals surface area contributed by atoms with Crippen molar-refractivity contribution in [3.63, 3.8) is 0 Å². The summed E-state index contributed by atoms with van der Waals surface area (Å²) in [6.45, 7) is 4.74. The highest BCUT2D eigenvalue weighted by Gasteiger charge is 2.28. The molecule has 0 radical (unpaired) electrons. The van der Waals surface area contributed by atoms with Crippen LogP contribution in [0.5, 0.6) is 0 Å². The number of rotatable bonds is 7. The number of carbonyl (C=O) groups is 1. The summed E-state index contributed by atoms with van der Waals surface area (Å²) in [5.74, 6) is 0.857. The summed E-state index contributed by atoms with van der Waals surface area (Å²) in [4.78, 5) is 15.7. The molecular formula is C31H33ClN2O. The van der Waals surface area contributed by atoms with E-state index in [-0.39, 0.29) is 11.8 Å². The second-order valence-electron chi connectivity index (χ2n) is 9.71. The van der Waals surface area contributed by atoms with Crippen LogP contribution in [0.4, 0.5) is 0 Å². The molecule has 0 unspecified atom stereocenters. The number of halogens is 1. The van der Waals surface area contributed by atoms with Gasteiger partial charge in [0.25, 0.3) is 0 Å². The van der Waals surface area contributed by atoms with E-state index >= 15 is 0 Å². The lowest BCUT2D eigenvalue weighted by Crippen LogP contribution is -2.39. The first-order valence-electron chi connectivity index (χ1n) is 12.8. The highest BCUT2D eigenvalue weighted by Crippen LogP contribution is 2.36. The molecular weight excluding hydrogens is 452 g/mol. The lowest BCUT2D eigenvalue weighted by Gasteiger charge is -2.33. The number of aromatic nitrogens is 1. The molecule has 1 aromatic heterocycles. The molecule has 1 aliphatic rings. The number of benzene rings is 3. The summed E-state index contributed by atoms with van der Waals surface area (Å²) in [6.07, 6.45) is 5.93. The van der Waals surface area contributed by atoms with Crippen molar-refractivity contribution < 1.29 is 4.79 Å². The number of likely N-dealkylation sites (tertiary alicyclic amines) is 1. The van der Waals surface area contributed by atoms with E-state index in [1.54, 1.807) is 0 Å². The molecule has 5 rings (SSSR count). The number of nitrogens with zero attached hydrogens (tertiary/aromatic N) is 2. The van der Waals surface area contributed by atoms with Crippen LogP contribution in [0.3, 0.4) is 0 Å². The van der Waals surface area contributed by atoms with E-state index in [9.17, 15) is 4.79 Å². The van der Waals surface area contributed by atoms with Crippen molar-refractivity contribution in [1.29, 1.82) is 0 Å². The number of para-hydroxylation sites is 1. The molecule has 0 spiro atoms. The molecule has 0 aliphatic carbocycles. The van der Waals surface area contributed by atoms with Crippen molar-refractivity contribution in [3.05, 3.63) is 107 Å². The predicted molar refractivity (Wildman–Crippen MR) is 145 cm³/mol. The maximum atomic E-state index is 13.6. The zero-order chi connectivity index (χ0) is 24.2. The van der Waals surface area contributed by atoms with Gasteiger partial charge in [0, 0.05) is 54.1 Å². The minimum atomic E-state index is -0.0269. The molecule has 4 aromatic rings. The lowest BCUT2D eigenvalue weighted by atomic mass is 9.86. The van der Waals surface area contributed by atoms with Crippen LogP contribution in [0.15, 0.2) is 85.1 Å². The Labute approximate surface area is 213 Å². The molecule has 1 atom stereocenters. The van der Waals surface area contributed by atoms with Crippen LogP contribution in [0, 0.1) is 5.92 Å². The van der Waals surface area contributed by atoms with Crippen LogP contribution in [-0.2, 0) is 17.8 Å². The fraction of sp³-hybridized carbons (Fsp3) is 0.323. The van der Waals surface area contributed by atoms with E-state index in [1.165, 1.54) is 22.0 Å². The van der Waals surface area contributed by atoms with Gasteiger partial charge in [0.05, 0.1) is 0 Å². The first kappa shape index (κ1) is 23.7. The second-order valence-corrected chi connectivity index (χ2v) is 10.1. The second kappa shape index (κ2) is 10.7. The Balaban J connectivity index is 1.36. The summed E-state index contributed by atoms with van der Waals surface area (Å²) in [7, 11) is 0. The Morgan fingerprint density at radius 3 is 2.46 bits per heavy atom. The van der Waals surface area contributed by atoms with Gasteiger partial charge in [0.1, 0.15) is 0 Å². The molecule has 2 heterocycles. The number of fused-ring (bicyclic) bond motifs is 1. The van der Waals surface area contributed by atoms with Crippen LogP contribution in [0.1, 0.15) is 48.8 Å². The highest BCUT2D eigenvalue weighted by atomic mass is 35.5. The van der Waals surface area contributed by atoms with Crippen molar-refractivity contribution in [1.82, 2.24) is 9.47 Å². The SMILES string of the molecule is CCn1cc([C@H](CC(=O)N2CCC(Cc3ccccc3)CC2)c2cccc(Cl)c2)c2ccccc21. The Morgan fingerprint density at radius 1 is 0.971 bits per heavy atom. The Hall–Kier alpha value is -3.04. The molecule has 1 aliphatic heterocycles. The minimum Gasteiger partial charge on any atom is -0.347 e. The Bertz CT molecular complexity index is 1290. The van der Waals surface area contributed by atoms with E-state index in [2.05, 4.69) is 83.3 Å². The quantitative estimate of drug-likeness (QED) is 0.270. The average Bonchev–Trinajstić information content (AvgIpc) is 3.27. The number of hydrogen-bond donors (Lipinski definition) is 0. The van der Waals surface area contributed by atoms with Gasteiger partial charge in [-0.2, -0.15) is 0 Å². The first-order chi connectivity index (χ1) is 17.1. The molecule has 1 amide bonds. The lowest BCUT2D eigenvalue weighted by molar-refractivity contribution is -0.132. The predicted octanol–water partition coefficient (Wildman–Crippen LogP) is 7.32. The van der Waals surface area contributed by atoms with Gasteiger partial charge in [0.15, 0.2) is 0 Å². The van der Waals surface area contributed by atoms with Gasteiger partial charge in [0.2, 0.25) is 5.91 Å². The average molecular weight is 485 g/mol. The van der Waals surface area contributed by atoms with Crippen molar-refractivity contribution in [2.45, 2.75) is 45.1 Å². The van der Waals surface area contributed by atoms with E-state index in [0.29, 0.717) is 17.4 Å². The summed E-state index contributed by atoms with van der Waals surface area (Å²) >= 11 is 6.39. The van der Waals surface area contributed by atoms with E-state index < -0.39 is 0 Å². The third-order valence-corrected chi connectivity index (χ3v) is 7.73. The maximum absolute atomic E-state index is 13.6. The standard InChI is InChI=1S/C31H33ClN2O/c1-2-33-22-29(27-13-6-7-14-30(27)33)28(25-11-8-12-26(32)20-25)21-31(35)34-17-15-24(16-18-34)19-23-9-4-3-5-10-23/h3-14,20,22,24,28H,2,15-19,21H2,1H3/t28-/m1/s1. The number of hydrogen-bond acceptors (Lipinski definition) is 1. The molecule has 180 valence electrons. The Morgan fingerprint density at radius 2 is 1.71 bits per heavy atom. The molecule has 3 aromatic carbocycles. The van der Waals surface area contributed by atoms with Gasteiger partial charge in [-0.25, -0.2) is 0 Å². The van der Waals surface area contributed by atoms with Gasteiger partial charge < -0.3 is 9.47 Å². The van der Waals surface area contributed by atoms with Crippen LogP contribution in [0.25, 0.3) is 10.9 Å². The molecule has 4 heteroatoms. The molecule has 1 saturated heterocycles. The van der Waals surface area contributed by atoms with Crippen LogP contribution in [-0.4, -0.2) is 28.5 Å². The van der Waals surface area contributed by atoms with Crippen LogP contribution in [0.2, 0.25) is 5.02 Å². The normalized spacial score (nSPS) is 15.4. The van der Waals surface area contributed by atoms with E-state index in [0.717, 1.165) is 44.5 Å². The smallest absolute Gasteiger partial charge is 0.223 e. The molecule has 0 bridgehead atoms. The number of carbonyl (C=O) groups excluding carboxylic acids is 1. The Kier molecular flexibility index (Phi) is 7.24. The minimum absolute atomic E-state index is 0.0269. The van der Waals surface area contributed by atoms with Crippen LogP contribution >= 0.6 is 11.6 Å². The number of aryl methyl sites for hydroxylation is 1. The van der Waals surface area contributed by atoms with Gasteiger partial charge in [-0.3, -0.25) is 4.79 Å². The topological polar surface area (TPSA) is 25.2 Å². The highest BCUT2D eigenvalue weighted by molar-refractivity contribution is 6.30. The summed E-state index contributed by atoms with van der Waals surface area (Å²) in [5, 5.41) is 1.93. The summed E-state index contributed by atoms with van der Waals surface area (Å²) in [6, 6.07) is 27.2. The van der Waals surface area contributed by atoms with Crippen molar-refractivity contribution in [2.24, 2.45) is 5.92 Å². The van der Waals surface area contributed by atoms with Crippen molar-refractivity contribution in [2.75, 3.05) is 13.1 Å². The first-order valence-corrected chi connectivity index (χ1v) is 13.1. The fourth-order valence-corrected chi connectivity index (χ4v) is 5.78. The largest absolute Gasteiger partial charge is 0.347 e. The summed E-state index contributed by atoms with van der Waals surface area (Å²) in [5.41, 5.74) is 4.91. The third-order valence-electron chi connectivity index (χ3n) is 7.50. The third kappa shape index (κ3) is 5.31. The van der Waals surface area contributed by atoms with E-state index in [4.69, 9.17) is 11.6 Å². The zero-order valence-electron chi connectivity index (χ0n) is 20.4. The van der Waals surface area contributed by atoms with Gasteiger partial charge >= 0.3 is 0 Å². The van der Waals surface area contributed by atoms with Crippen molar-refractivity contribution in [3.8, 4) is 0 Å². The molecule has 3 nitrogen and oxygen atoms in total. The molecule has 0 saturated carbocycles. The number of amides is 1. The fourth-order valence-electron chi connectivity index (χ4n) is 5.58. The van der Waals surface area contributed by atoms with Gasteiger partial charge in [-0.05, 0) is 67.0 Å². The summed E-state index contributed by atoms with van der Waals surface area (Å²) < 4.78 is 2.28. The van der Waals surface area contributed by atoms with Crippen molar-refractivity contribution >= 4 is 28.4 Å². The van der Waals surface area contributed by atoms with Gasteiger partial charge in [-0.1, -0.05) is 72.3 Å². The van der Waals surface area contributed by atoms with E-state index in [1.807, 2.05) is 18.2 Å². The van der Waals surface area contributed by atoms with Gasteiger partial charge in [-0.15, -0.1) is 0 Å².